The average Bonchev–Trinajstić information content (AvgIpc) is 2.30. The van der Waals surface area contributed by atoms with Crippen molar-refractivity contribution in [3.63, 3.8) is 0 Å². The highest BCUT2D eigenvalue weighted by atomic mass is 32.1. The lowest BCUT2D eigenvalue weighted by atomic mass is 9.92. The minimum Gasteiger partial charge on any atom is -0.372 e. The van der Waals surface area contributed by atoms with Gasteiger partial charge in [0.05, 0.1) is 5.69 Å². The van der Waals surface area contributed by atoms with Gasteiger partial charge in [-0.1, -0.05) is 39.9 Å². The van der Waals surface area contributed by atoms with Crippen molar-refractivity contribution in [3.05, 3.63) is 14.7 Å². The van der Waals surface area contributed by atoms with E-state index in [1.54, 1.807) is 0 Å². The fraction of sp³-hybridized carbons (Fsp3) is 0.733. The number of nitrogens with zero attached hydrogens (tertiary/aromatic N) is 2. The molecule has 0 fully saturated rings. The van der Waals surface area contributed by atoms with E-state index >= 15 is 0 Å². The zero-order chi connectivity index (χ0) is 14.8. The van der Waals surface area contributed by atoms with Crippen LogP contribution in [0.3, 0.4) is 0 Å². The summed E-state index contributed by atoms with van der Waals surface area (Å²) in [6.45, 7) is 10.6. The third-order valence-electron chi connectivity index (χ3n) is 3.38. The minimum atomic E-state index is 0.0318. The van der Waals surface area contributed by atoms with Gasteiger partial charge in [-0.2, -0.15) is 0 Å². The third kappa shape index (κ3) is 3.78. The van der Waals surface area contributed by atoms with Gasteiger partial charge in [-0.3, -0.25) is 4.79 Å². The molecule has 4 heteroatoms. The van der Waals surface area contributed by atoms with E-state index in [0.717, 1.165) is 37.3 Å². The van der Waals surface area contributed by atoms with Crippen LogP contribution in [0.5, 0.6) is 0 Å². The fourth-order valence-electron chi connectivity index (χ4n) is 2.14. The Morgan fingerprint density at radius 3 is 2.05 bits per heavy atom. The van der Waals surface area contributed by atoms with Gasteiger partial charge in [0.25, 0.3) is 0 Å². The first-order chi connectivity index (χ1) is 8.69. The molecule has 108 valence electrons. The first-order valence-corrected chi connectivity index (χ1v) is 7.35. The summed E-state index contributed by atoms with van der Waals surface area (Å²) < 4.78 is 0.494. The topological polar surface area (TPSA) is 23.6 Å². The largest absolute Gasteiger partial charge is 0.372 e. The van der Waals surface area contributed by atoms with E-state index in [2.05, 4.69) is 37.5 Å². The molecular formula is C15H26N2OS. The van der Waals surface area contributed by atoms with Crippen molar-refractivity contribution in [3.8, 4) is 0 Å². The normalized spacial score (nSPS) is 11.9. The molecular weight excluding hydrogens is 256 g/mol. The molecule has 19 heavy (non-hydrogen) atoms. The van der Waals surface area contributed by atoms with Crippen molar-refractivity contribution in [2.45, 2.75) is 40.5 Å². The van der Waals surface area contributed by atoms with Crippen molar-refractivity contribution in [1.82, 2.24) is 0 Å². The molecule has 0 saturated heterocycles. The first-order valence-electron chi connectivity index (χ1n) is 6.94. The van der Waals surface area contributed by atoms with E-state index in [1.165, 1.54) is 0 Å². The smallest absolute Gasteiger partial charge is 0.224 e. The van der Waals surface area contributed by atoms with Crippen molar-refractivity contribution >= 4 is 23.6 Å². The molecule has 0 radical (unpaired) electrons. The van der Waals surface area contributed by atoms with Crippen LogP contribution in [0.2, 0.25) is 0 Å². The Bertz CT molecular complexity index is 495. The predicted molar refractivity (Wildman–Crippen MR) is 86.8 cm³/mol. The Morgan fingerprint density at radius 1 is 1.05 bits per heavy atom. The third-order valence-corrected chi connectivity index (χ3v) is 3.76. The number of rotatable bonds is 6. The van der Waals surface area contributed by atoms with Gasteiger partial charge in [0.1, 0.15) is 10.2 Å². The summed E-state index contributed by atoms with van der Waals surface area (Å²) in [7, 11) is 4.00. The number of hydrogen-bond donors (Lipinski definition) is 0. The molecule has 0 spiro atoms. The van der Waals surface area contributed by atoms with Crippen molar-refractivity contribution in [2.75, 3.05) is 37.0 Å². The number of hydrogen-bond acceptors (Lipinski definition) is 4. The van der Waals surface area contributed by atoms with Gasteiger partial charge in [0, 0.05) is 27.2 Å². The van der Waals surface area contributed by atoms with E-state index in [9.17, 15) is 4.79 Å². The molecule has 1 aromatic carbocycles. The number of anilines is 2. The molecule has 0 unspecified atom stereocenters. The molecule has 0 amide bonds. The molecule has 0 aliphatic rings. The Morgan fingerprint density at radius 2 is 1.58 bits per heavy atom. The summed E-state index contributed by atoms with van der Waals surface area (Å²) in [6, 6.07) is 0. The van der Waals surface area contributed by atoms with Crippen molar-refractivity contribution in [1.29, 1.82) is 0 Å². The molecule has 0 atom stereocenters. The van der Waals surface area contributed by atoms with Crippen LogP contribution < -0.4 is 15.2 Å². The summed E-state index contributed by atoms with van der Waals surface area (Å²) in [5.74, 6) is 0. The highest BCUT2D eigenvalue weighted by molar-refractivity contribution is 7.71. The van der Waals surface area contributed by atoms with Crippen LogP contribution in [-0.2, 0) is 0 Å². The van der Waals surface area contributed by atoms with E-state index in [4.69, 9.17) is 12.2 Å². The molecule has 0 bridgehead atoms. The van der Waals surface area contributed by atoms with E-state index < -0.39 is 0 Å². The lowest BCUT2D eigenvalue weighted by Crippen LogP contribution is -2.35. The molecule has 0 aliphatic heterocycles. The summed E-state index contributed by atoms with van der Waals surface area (Å²) in [5.41, 5.74) is 2.06. The van der Waals surface area contributed by atoms with Crippen molar-refractivity contribution < 1.29 is 0 Å². The zero-order valence-corrected chi connectivity index (χ0v) is 13.9. The molecule has 1 rings (SSSR count). The summed E-state index contributed by atoms with van der Waals surface area (Å²) in [5, 5.41) is 0. The quantitative estimate of drug-likeness (QED) is 0.746. The molecule has 1 aromatic rings. The predicted octanol–water partition coefficient (Wildman–Crippen LogP) is 3.37. The second-order valence-corrected chi connectivity index (χ2v) is 6.92. The lowest BCUT2D eigenvalue weighted by molar-refractivity contribution is 0.381. The Hall–Kier alpha value is -0.900. The first kappa shape index (κ1) is 16.2. The van der Waals surface area contributed by atoms with Crippen LogP contribution in [0.4, 0.5) is 11.4 Å². The van der Waals surface area contributed by atoms with Crippen LogP contribution in [0, 0.1) is 9.93 Å². The van der Waals surface area contributed by atoms with Gasteiger partial charge >= 0.3 is 0 Å². The molecule has 0 aliphatic carbocycles. The van der Waals surface area contributed by atoms with Gasteiger partial charge in [-0.15, -0.1) is 0 Å². The van der Waals surface area contributed by atoms with Gasteiger partial charge in [-0.05, 0) is 18.3 Å². The molecule has 0 heterocycles. The second kappa shape index (κ2) is 6.04. The van der Waals surface area contributed by atoms with Crippen LogP contribution in [0.15, 0.2) is 4.79 Å². The van der Waals surface area contributed by atoms with Crippen LogP contribution >= 0.6 is 12.2 Å². The van der Waals surface area contributed by atoms with Gasteiger partial charge in [0.15, 0.2) is 0 Å². The summed E-state index contributed by atoms with van der Waals surface area (Å²) in [4.78, 5) is 16.1. The van der Waals surface area contributed by atoms with Crippen LogP contribution in [0.1, 0.15) is 40.5 Å². The Kier molecular flexibility index (Phi) is 5.13. The second-order valence-electron chi connectivity index (χ2n) is 6.51. The van der Waals surface area contributed by atoms with Crippen molar-refractivity contribution in [2.24, 2.45) is 5.41 Å². The molecule has 3 nitrogen and oxygen atoms in total. The SMILES string of the molecule is CCCN(C)c1c(N(C)CCC(C)(C)C)c(=O)c1=S. The standard InChI is InChI=1S/C15H26N2OS/c1-7-9-16(5)12-11(13(18)14(12)19)17(6)10-8-15(2,3)4/h7-10H2,1-6H3. The van der Waals surface area contributed by atoms with Gasteiger partial charge in [0.2, 0.25) is 5.43 Å². The molecule has 0 saturated carbocycles. The fourth-order valence-corrected chi connectivity index (χ4v) is 2.49. The average molecular weight is 282 g/mol. The summed E-state index contributed by atoms with van der Waals surface area (Å²) >= 11 is 5.20. The Labute approximate surface area is 121 Å². The van der Waals surface area contributed by atoms with E-state index in [0.29, 0.717) is 4.51 Å². The highest BCUT2D eigenvalue weighted by Gasteiger charge is 2.24. The minimum absolute atomic E-state index is 0.0318. The highest BCUT2D eigenvalue weighted by Crippen LogP contribution is 2.30. The Balaban J connectivity index is 2.86. The maximum absolute atomic E-state index is 12.0. The monoisotopic (exact) mass is 282 g/mol. The lowest BCUT2D eigenvalue weighted by Gasteiger charge is -2.31. The van der Waals surface area contributed by atoms with E-state index in [1.807, 2.05) is 14.1 Å². The molecule has 0 N–H and O–H groups in total. The van der Waals surface area contributed by atoms with Gasteiger partial charge in [-0.25, -0.2) is 0 Å². The molecule has 0 aromatic heterocycles. The van der Waals surface area contributed by atoms with Gasteiger partial charge < -0.3 is 9.80 Å². The maximum Gasteiger partial charge on any atom is 0.224 e. The van der Waals surface area contributed by atoms with Crippen LogP contribution in [-0.4, -0.2) is 27.2 Å². The van der Waals surface area contributed by atoms with E-state index in [-0.39, 0.29) is 10.8 Å². The summed E-state index contributed by atoms with van der Waals surface area (Å²) in [6.07, 6.45) is 2.10. The zero-order valence-electron chi connectivity index (χ0n) is 13.0. The maximum atomic E-state index is 12.0. The van der Waals surface area contributed by atoms with Crippen LogP contribution in [0.25, 0.3) is 0 Å².